The van der Waals surface area contributed by atoms with Crippen molar-refractivity contribution in [3.05, 3.63) is 49.6 Å². The number of rotatable bonds is 48. The van der Waals surface area contributed by atoms with Crippen LogP contribution in [-0.2, 0) is 76.3 Å². The smallest absolute Gasteiger partial charge is 0.333 e. The Morgan fingerprint density at radius 3 is 0.922 bits per heavy atom. The van der Waals surface area contributed by atoms with Gasteiger partial charge in [-0.2, -0.15) is 0 Å². The number of hydrogen-bond acceptors (Lipinski definition) is 16. The van der Waals surface area contributed by atoms with Gasteiger partial charge in [0, 0.05) is 36.1 Å². The van der Waals surface area contributed by atoms with Gasteiger partial charge in [-0.3, -0.25) is 19.2 Å². The van der Waals surface area contributed by atoms with Crippen LogP contribution < -0.4 is 0 Å². The van der Waals surface area contributed by atoms with Gasteiger partial charge in [0.2, 0.25) is 0 Å². The lowest BCUT2D eigenvalue weighted by molar-refractivity contribution is -0.157. The van der Waals surface area contributed by atoms with Crippen LogP contribution in [0.4, 0.5) is 0 Å². The molecule has 0 radical (unpaired) electrons. The molecule has 13 saturated carbocycles. The van der Waals surface area contributed by atoms with Gasteiger partial charge < -0.3 is 37.9 Å². The van der Waals surface area contributed by atoms with E-state index in [1.54, 1.807) is 13.8 Å². The number of carbonyl (C=O) groups is 8. The van der Waals surface area contributed by atoms with Crippen LogP contribution in [0.2, 0.25) is 0 Å². The maximum absolute atomic E-state index is 13.1. The van der Waals surface area contributed by atoms with Crippen molar-refractivity contribution in [1.82, 2.24) is 0 Å². The lowest BCUT2D eigenvalue weighted by atomic mass is 9.61. The molecule has 13 rings (SSSR count). The standard InChI is InChI=1S/C65H106O8.C34H46O8/c1-6-9-11-13-14-20-26-49-32-31-48(25-19-12-10-7-2)54(27-21-15-17-23-29-63(67)71-43-52-37-50-39-58(52)60-35-46(33-56(50)60)41-70-62(66)8-3)55(49)28-22-16-18-24-30-64(68)72-44-53-38-51-40-59(53)61-36-47(34-57(51)61)42-73-65(69)45(4)5;1-4-31(35)39-14-19-5-25-21-9-23(27(11-21)29(25)7-19)16-41-33(37)13-32(36)40-15-20-6-26-22-10-24(17-42-34(38)18(2)3)28(12-22)30(26)8-20/h8,46-61H,3-4,6-7,9-44H2,1-2,5H3;4,19-30H,1-2,5-17H2,3H3/t46?,47?,48?,49?,50?,51?,52?,53?,54?,55?,56-,57-,58?,59?,60-,61-;19?,20?,21?,22?,23?,24?,25-,26-,27?,28?,29-,30-/m10/s1. The van der Waals surface area contributed by atoms with Gasteiger partial charge >= 0.3 is 47.8 Å². The van der Waals surface area contributed by atoms with Gasteiger partial charge in [0.15, 0.2) is 0 Å². The molecule has 0 heterocycles. The predicted molar refractivity (Wildman–Crippen MR) is 445 cm³/mol. The van der Waals surface area contributed by atoms with Crippen LogP contribution in [0.15, 0.2) is 49.6 Å². The monoisotopic (exact) mass is 1600 g/mol. The van der Waals surface area contributed by atoms with Gasteiger partial charge in [0.1, 0.15) is 6.42 Å². The van der Waals surface area contributed by atoms with Crippen LogP contribution in [0, 0.1) is 166 Å². The second-order valence-electron chi connectivity index (χ2n) is 40.4. The van der Waals surface area contributed by atoms with Gasteiger partial charge in [0.25, 0.3) is 0 Å². The Morgan fingerprint density at radius 2 is 0.565 bits per heavy atom. The maximum Gasteiger partial charge on any atom is 0.333 e. The van der Waals surface area contributed by atoms with Crippen LogP contribution >= 0.6 is 0 Å². The van der Waals surface area contributed by atoms with Crippen molar-refractivity contribution >= 4 is 47.8 Å². The van der Waals surface area contributed by atoms with E-state index in [1.165, 1.54) is 192 Å². The highest BCUT2D eigenvalue weighted by molar-refractivity contribution is 5.91. The molecule has 13 aliphatic rings. The number of carbonyl (C=O) groups excluding carboxylic acids is 8. The molecule has 13 aliphatic carbocycles. The molecule has 0 aliphatic heterocycles. The molecule has 0 aromatic heterocycles. The summed E-state index contributed by atoms with van der Waals surface area (Å²) >= 11 is 0. The normalized spacial score (nSPS) is 36.1. The first-order valence-electron chi connectivity index (χ1n) is 47.6. The van der Waals surface area contributed by atoms with Gasteiger partial charge in [0.05, 0.1) is 52.9 Å². The van der Waals surface area contributed by atoms with Gasteiger partial charge in [-0.25, -0.2) is 19.2 Å². The number of ether oxygens (including phenoxy) is 8. The van der Waals surface area contributed by atoms with E-state index in [0.29, 0.717) is 195 Å². The zero-order valence-corrected chi connectivity index (χ0v) is 71.7. The van der Waals surface area contributed by atoms with Crippen molar-refractivity contribution in [2.45, 2.75) is 304 Å². The highest BCUT2D eigenvalue weighted by atomic mass is 16.6. The number of unbranched alkanes of at least 4 members (excludes halogenated alkanes) is 14. The Balaban J connectivity index is 0.000000245. The van der Waals surface area contributed by atoms with E-state index in [0.717, 1.165) is 124 Å². The quantitative estimate of drug-likeness (QED) is 0.0182. The predicted octanol–water partition coefficient (Wildman–Crippen LogP) is 21.1. The molecule has 13 fully saturated rings. The fourth-order valence-corrected chi connectivity index (χ4v) is 28.1. The van der Waals surface area contributed by atoms with Crippen LogP contribution in [0.25, 0.3) is 0 Å². The summed E-state index contributed by atoms with van der Waals surface area (Å²) in [7, 11) is 0. The summed E-state index contributed by atoms with van der Waals surface area (Å²) in [6.07, 6.45) is 52.9. The molecule has 8 bridgehead atoms. The molecule has 0 aromatic carbocycles. The minimum Gasteiger partial charge on any atom is -0.465 e. The van der Waals surface area contributed by atoms with Crippen LogP contribution in [0.1, 0.15) is 304 Å². The van der Waals surface area contributed by atoms with Crippen LogP contribution in [0.3, 0.4) is 0 Å². The number of fused-ring (bicyclic) bond motifs is 20. The minimum atomic E-state index is -0.495. The summed E-state index contributed by atoms with van der Waals surface area (Å²) in [5, 5.41) is 0. The largest absolute Gasteiger partial charge is 0.465 e. The fourth-order valence-electron chi connectivity index (χ4n) is 28.1. The SMILES string of the molecule is C=CC(=O)OCC1C[C@@H]2C3CC(CC3COC(=O)CC(=O)OCC3C[C@@H]4C5CC(CC5COC(=O)C(=C)C)[C@@H]4C3)[C@@H]2C1.C=CC(=O)OCC1C[C@@H]2C3CC(COC(=O)CCCCCCC4C(CCCCCC)CCC(CCCCCCCC)C4CCCCCCC(=O)OCC4CC5CC4[C@@H]4CC(COC(=O)C(=C)C)C[C@H]54)C(C3)[C@@H]2C1. The molecule has 115 heavy (non-hydrogen) atoms. The Kier molecular flexibility index (Phi) is 33.9. The first-order valence-corrected chi connectivity index (χ1v) is 47.6. The summed E-state index contributed by atoms with van der Waals surface area (Å²) in [6, 6.07) is 0. The lowest BCUT2D eigenvalue weighted by Gasteiger charge is -2.44. The van der Waals surface area contributed by atoms with E-state index in [2.05, 4.69) is 40.2 Å². The zero-order valence-electron chi connectivity index (χ0n) is 71.7. The van der Waals surface area contributed by atoms with E-state index in [4.69, 9.17) is 37.9 Å². The first-order chi connectivity index (χ1) is 55.8. The van der Waals surface area contributed by atoms with Crippen molar-refractivity contribution in [2.24, 2.45) is 166 Å². The van der Waals surface area contributed by atoms with Crippen molar-refractivity contribution in [3.8, 4) is 0 Å². The van der Waals surface area contributed by atoms with Gasteiger partial charge in [-0.05, 0) is 321 Å². The molecule has 16 heteroatoms. The summed E-state index contributed by atoms with van der Waals surface area (Å²) in [6.45, 7) is 26.4. The molecule has 0 saturated heterocycles. The van der Waals surface area contributed by atoms with E-state index >= 15 is 0 Å². The maximum atomic E-state index is 13.1. The van der Waals surface area contributed by atoms with Crippen LogP contribution in [0.5, 0.6) is 0 Å². The number of hydrogen-bond donors (Lipinski definition) is 0. The van der Waals surface area contributed by atoms with E-state index in [9.17, 15) is 38.4 Å². The Morgan fingerprint density at radius 1 is 0.287 bits per heavy atom. The minimum absolute atomic E-state index is 0.00343. The molecular weight excluding hydrogens is 1450 g/mol. The number of esters is 8. The van der Waals surface area contributed by atoms with Gasteiger partial charge in [-0.15, -0.1) is 0 Å². The second-order valence-corrected chi connectivity index (χ2v) is 40.4. The highest BCUT2D eigenvalue weighted by Crippen LogP contribution is 2.66. The molecular formula is C99H152O16. The van der Waals surface area contributed by atoms with Gasteiger partial charge in [-0.1, -0.05) is 156 Å². The van der Waals surface area contributed by atoms with Crippen LogP contribution in [-0.4, -0.2) is 101 Å². The molecule has 0 spiro atoms. The average Bonchev–Trinajstić information content (AvgIpc) is 1.61. The third-order valence-corrected chi connectivity index (χ3v) is 33.1. The fraction of sp³-hybridized carbons (Fsp3) is 0.838. The molecule has 0 amide bonds. The van der Waals surface area contributed by atoms with Crippen molar-refractivity contribution in [1.29, 1.82) is 0 Å². The topological polar surface area (TPSA) is 210 Å². The molecule has 16 nitrogen and oxygen atoms in total. The zero-order chi connectivity index (χ0) is 81.1. The Bertz CT molecular complexity index is 3240. The summed E-state index contributed by atoms with van der Waals surface area (Å²) in [4.78, 5) is 98.0. The lowest BCUT2D eigenvalue weighted by Crippen LogP contribution is -2.35. The first kappa shape index (κ1) is 89.0. The molecule has 0 aromatic rings. The van der Waals surface area contributed by atoms with E-state index < -0.39 is 11.9 Å². The summed E-state index contributed by atoms with van der Waals surface area (Å²) in [5.74, 6) is 15.4. The van der Waals surface area contributed by atoms with E-state index in [1.807, 2.05) is 0 Å². The van der Waals surface area contributed by atoms with E-state index in [-0.39, 0.29) is 42.2 Å². The molecule has 20 unspecified atom stereocenters. The molecule has 28 atom stereocenters. The summed E-state index contributed by atoms with van der Waals surface area (Å²) in [5.41, 5.74) is 0.915. The Hall–Kier alpha value is -5.28. The third-order valence-electron chi connectivity index (χ3n) is 33.1. The highest BCUT2D eigenvalue weighted by Gasteiger charge is 2.60. The van der Waals surface area contributed by atoms with Crippen molar-refractivity contribution < 1.29 is 76.3 Å². The third kappa shape index (κ3) is 23.9. The molecule has 0 N–H and O–H groups in total. The average molecular weight is 1600 g/mol. The van der Waals surface area contributed by atoms with Crippen molar-refractivity contribution in [2.75, 3.05) is 52.9 Å². The molecule has 644 valence electrons. The van der Waals surface area contributed by atoms with Crippen molar-refractivity contribution in [3.63, 3.8) is 0 Å². The second kappa shape index (κ2) is 43.8. The summed E-state index contributed by atoms with van der Waals surface area (Å²) < 4.78 is 44.9. The Labute approximate surface area is 692 Å².